The van der Waals surface area contributed by atoms with E-state index < -0.39 is 0 Å². The average Bonchev–Trinajstić information content (AvgIpc) is 3.58. The highest BCUT2D eigenvalue weighted by Crippen LogP contribution is 2.35. The molecule has 37 heavy (non-hydrogen) atoms. The van der Waals surface area contributed by atoms with E-state index >= 15 is 0 Å². The van der Waals surface area contributed by atoms with E-state index in [1.165, 1.54) is 38.5 Å². The summed E-state index contributed by atoms with van der Waals surface area (Å²) in [4.78, 5) is 6.69. The van der Waals surface area contributed by atoms with E-state index in [4.69, 9.17) is 4.74 Å². The van der Waals surface area contributed by atoms with Gasteiger partial charge in [0.1, 0.15) is 12.4 Å². The zero-order valence-electron chi connectivity index (χ0n) is 21.8. The van der Waals surface area contributed by atoms with Gasteiger partial charge in [0.2, 0.25) is 0 Å². The van der Waals surface area contributed by atoms with E-state index in [-0.39, 0.29) is 0 Å². The molecule has 0 atom stereocenters. The molecule has 3 heterocycles. The Morgan fingerprint density at radius 3 is 2.70 bits per heavy atom. The number of pyridine rings is 1. The summed E-state index contributed by atoms with van der Waals surface area (Å²) in [5.41, 5.74) is 3.10. The van der Waals surface area contributed by atoms with Crippen molar-refractivity contribution in [2.45, 2.75) is 68.5 Å². The third kappa shape index (κ3) is 6.92. The van der Waals surface area contributed by atoms with Crippen LogP contribution in [0.1, 0.15) is 55.5 Å². The Morgan fingerprint density at radius 1 is 1.11 bits per heavy atom. The molecule has 1 aliphatic carbocycles. The van der Waals surface area contributed by atoms with Crippen molar-refractivity contribution < 1.29 is 4.74 Å². The van der Waals surface area contributed by atoms with Gasteiger partial charge in [-0.3, -0.25) is 9.55 Å². The molecule has 1 aromatic carbocycles. The van der Waals surface area contributed by atoms with Gasteiger partial charge in [0.05, 0.1) is 18.4 Å². The predicted molar refractivity (Wildman–Crippen MR) is 148 cm³/mol. The number of benzene rings is 1. The van der Waals surface area contributed by atoms with E-state index in [2.05, 4.69) is 55.8 Å². The molecule has 1 N–H and O–H groups in total. The highest BCUT2D eigenvalue weighted by atomic mass is 32.2. The van der Waals surface area contributed by atoms with Gasteiger partial charge in [0.15, 0.2) is 11.0 Å². The fourth-order valence-corrected chi connectivity index (χ4v) is 6.20. The first kappa shape index (κ1) is 25.8. The molecule has 8 heteroatoms. The molecule has 0 unspecified atom stereocenters. The Morgan fingerprint density at radius 2 is 1.95 bits per heavy atom. The van der Waals surface area contributed by atoms with Crippen molar-refractivity contribution in [2.75, 3.05) is 26.7 Å². The monoisotopic (exact) mass is 516 g/mol. The van der Waals surface area contributed by atoms with Gasteiger partial charge < -0.3 is 15.0 Å². The molecule has 0 radical (unpaired) electrons. The zero-order chi connectivity index (χ0) is 25.5. The first-order chi connectivity index (χ1) is 18.2. The van der Waals surface area contributed by atoms with Gasteiger partial charge in [-0.2, -0.15) is 0 Å². The van der Waals surface area contributed by atoms with E-state index in [1.807, 2.05) is 48.3 Å². The summed E-state index contributed by atoms with van der Waals surface area (Å²) in [6.07, 6.45) is 11.1. The highest BCUT2D eigenvalue weighted by Gasteiger charge is 2.22. The predicted octanol–water partition coefficient (Wildman–Crippen LogP) is 4.62. The average molecular weight is 517 g/mol. The van der Waals surface area contributed by atoms with Gasteiger partial charge >= 0.3 is 0 Å². The van der Waals surface area contributed by atoms with Crippen LogP contribution in [0, 0.1) is 18.8 Å². The Labute approximate surface area is 224 Å². The molecule has 2 aliphatic rings. The van der Waals surface area contributed by atoms with Gasteiger partial charge in [-0.25, -0.2) is 0 Å². The minimum absolute atomic E-state index is 0.331. The number of likely N-dealkylation sites (tertiary alicyclic amines) is 1. The lowest BCUT2D eigenvalue weighted by Crippen LogP contribution is -2.40. The number of hydrogen-bond acceptors (Lipinski definition) is 7. The van der Waals surface area contributed by atoms with Crippen LogP contribution in [0.5, 0.6) is 5.75 Å². The number of aryl methyl sites for hydroxylation is 1. The van der Waals surface area contributed by atoms with Gasteiger partial charge in [0, 0.05) is 23.1 Å². The molecule has 0 spiro atoms. The van der Waals surface area contributed by atoms with Crippen molar-refractivity contribution in [1.29, 1.82) is 0 Å². The van der Waals surface area contributed by atoms with Crippen molar-refractivity contribution in [3.8, 4) is 23.3 Å². The topological polar surface area (TPSA) is 68.1 Å². The largest absolute Gasteiger partial charge is 0.486 e. The van der Waals surface area contributed by atoms with E-state index in [9.17, 15) is 0 Å². The molecule has 1 saturated carbocycles. The first-order valence-electron chi connectivity index (χ1n) is 13.3. The van der Waals surface area contributed by atoms with E-state index in [1.54, 1.807) is 6.20 Å². The number of hydrogen-bond donors (Lipinski definition) is 1. The second kappa shape index (κ2) is 12.6. The van der Waals surface area contributed by atoms with Crippen LogP contribution >= 0.6 is 11.8 Å². The second-order valence-electron chi connectivity index (χ2n) is 10.00. The molecule has 7 nitrogen and oxygen atoms in total. The summed E-state index contributed by atoms with van der Waals surface area (Å²) in [7, 11) is 2.19. The first-order valence-corrected chi connectivity index (χ1v) is 14.2. The lowest BCUT2D eigenvalue weighted by Gasteiger charge is -2.29. The Balaban J connectivity index is 1.21. The molecule has 194 valence electrons. The number of thioether (sulfide) groups is 1. The van der Waals surface area contributed by atoms with Gasteiger partial charge in [-0.05, 0) is 88.6 Å². The normalized spacial score (nSPS) is 17.0. The summed E-state index contributed by atoms with van der Waals surface area (Å²) in [5, 5.41) is 14.1. The summed E-state index contributed by atoms with van der Waals surface area (Å²) < 4.78 is 8.25. The summed E-state index contributed by atoms with van der Waals surface area (Å²) >= 11 is 1.82. The molecule has 0 amide bonds. The molecule has 2 aromatic heterocycles. The fraction of sp³-hybridized carbons (Fsp3) is 0.483. The Bertz CT molecular complexity index is 1220. The van der Waals surface area contributed by atoms with Crippen molar-refractivity contribution in [3.05, 3.63) is 59.7 Å². The maximum Gasteiger partial charge on any atom is 0.196 e. The molecule has 0 bridgehead atoms. The van der Waals surface area contributed by atoms with Crippen LogP contribution in [0.2, 0.25) is 0 Å². The number of rotatable bonds is 8. The molecule has 1 saturated heterocycles. The second-order valence-corrected chi connectivity index (χ2v) is 11.3. The molecule has 5 rings (SSSR count). The Kier molecular flexibility index (Phi) is 8.77. The molecule has 3 aromatic rings. The van der Waals surface area contributed by atoms with Gasteiger partial charge in [0.25, 0.3) is 0 Å². The molecule has 2 fully saturated rings. The molecular weight excluding hydrogens is 480 g/mol. The lowest BCUT2D eigenvalue weighted by atomic mass is 10.1. The fourth-order valence-electron chi connectivity index (χ4n) is 4.93. The van der Waals surface area contributed by atoms with Crippen LogP contribution in [0.15, 0.2) is 47.9 Å². The van der Waals surface area contributed by atoms with Crippen LogP contribution < -0.4 is 10.1 Å². The number of nitrogens with one attached hydrogen (secondary N) is 1. The summed E-state index contributed by atoms with van der Waals surface area (Å²) in [6.45, 7) is 5.45. The lowest BCUT2D eigenvalue weighted by molar-refractivity contribution is 0.238. The summed E-state index contributed by atoms with van der Waals surface area (Å²) in [6, 6.07) is 10.6. The van der Waals surface area contributed by atoms with Gasteiger partial charge in [-0.15, -0.1) is 10.2 Å². The maximum absolute atomic E-state index is 6.17. The highest BCUT2D eigenvalue weighted by molar-refractivity contribution is 7.99. The third-order valence-corrected chi connectivity index (χ3v) is 8.45. The van der Waals surface area contributed by atoms with Crippen molar-refractivity contribution >= 4 is 11.8 Å². The third-order valence-electron chi connectivity index (χ3n) is 7.17. The van der Waals surface area contributed by atoms with Crippen molar-refractivity contribution in [2.24, 2.45) is 0 Å². The van der Waals surface area contributed by atoms with Crippen LogP contribution in [0.4, 0.5) is 0 Å². The van der Waals surface area contributed by atoms with Gasteiger partial charge in [-0.1, -0.05) is 36.4 Å². The van der Waals surface area contributed by atoms with Crippen molar-refractivity contribution in [1.82, 2.24) is 30.0 Å². The SMILES string of the molecule is Cc1cc(OCc2nnc(SC3CCCC3)n2-c2cccnc2)ccc1C#CCNC1CCN(C)CC1. The molecular formula is C29H36N6OS. The number of nitrogens with zero attached hydrogens (tertiary/aromatic N) is 5. The van der Waals surface area contributed by atoms with E-state index in [0.29, 0.717) is 17.9 Å². The smallest absolute Gasteiger partial charge is 0.196 e. The van der Waals surface area contributed by atoms with E-state index in [0.717, 1.165) is 53.2 Å². The molecule has 1 aliphatic heterocycles. The standard InChI is InChI=1S/C29H36N6OS/c1-22-19-26(12-11-23(22)7-5-16-31-24-13-17-34(2)18-14-24)36-21-28-32-33-29(37-27-9-3-4-10-27)35(28)25-8-6-15-30-20-25/h6,8,11-12,15,19-20,24,27,31H,3-4,9-10,13-14,16-18,21H2,1-2H3. The quantitative estimate of drug-likeness (QED) is 0.438. The van der Waals surface area contributed by atoms with Crippen LogP contribution in [0.25, 0.3) is 5.69 Å². The van der Waals surface area contributed by atoms with Crippen molar-refractivity contribution in [3.63, 3.8) is 0 Å². The number of aromatic nitrogens is 4. The minimum atomic E-state index is 0.331. The minimum Gasteiger partial charge on any atom is -0.486 e. The maximum atomic E-state index is 6.17. The van der Waals surface area contributed by atoms with Crippen LogP contribution in [-0.2, 0) is 6.61 Å². The number of ether oxygens (including phenoxy) is 1. The Hall–Kier alpha value is -2.86. The van der Waals surface area contributed by atoms with Crippen LogP contribution in [0.3, 0.4) is 0 Å². The van der Waals surface area contributed by atoms with Crippen LogP contribution in [-0.4, -0.2) is 62.6 Å². The zero-order valence-corrected chi connectivity index (χ0v) is 22.6. The number of piperidine rings is 1. The summed E-state index contributed by atoms with van der Waals surface area (Å²) in [5.74, 6) is 8.18.